The number of unbranched alkanes of at least 4 members (excludes halogenated alkanes) is 8. The molecule has 0 fully saturated rings. The van der Waals surface area contributed by atoms with Crippen molar-refractivity contribution >= 4 is 24.4 Å². The molecular weight excluding hydrogens is 594 g/mol. The Kier molecular flexibility index (Phi) is 19.9. The number of carboxylic acid groups (broad SMARTS) is 3. The van der Waals surface area contributed by atoms with Gasteiger partial charge in [0.25, 0.3) is 6.47 Å². The lowest BCUT2D eigenvalue weighted by Crippen LogP contribution is -2.14. The fraction of sp³-hybridized carbons (Fsp3) is 0.485. The average molecular weight is 640 g/mol. The molecule has 3 aromatic rings. The minimum atomic E-state index is -1.48. The zero-order valence-corrected chi connectivity index (χ0v) is 26.6. The third-order valence-electron chi connectivity index (χ3n) is 6.81. The Morgan fingerprint density at radius 2 is 1.59 bits per heavy atom. The molecule has 1 unspecified atom stereocenters. The third kappa shape index (κ3) is 16.2. The van der Waals surface area contributed by atoms with Crippen LogP contribution in [0.25, 0.3) is 0 Å². The number of aryl methyl sites for hydroxylation is 2. The molecule has 3 N–H and O–H groups in total. The SMILES string of the molecule is CC(Cn1ccnc1)OC=O.CCCCCCCCCCCc1nccn1CCC#N.O=C(O)c1ccc(C(=O)O)c(C(=O)O)c1. The van der Waals surface area contributed by atoms with Crippen LogP contribution in [0.5, 0.6) is 0 Å². The maximum absolute atomic E-state index is 10.6. The first-order chi connectivity index (χ1) is 22.1. The second kappa shape index (κ2) is 23.4. The zero-order chi connectivity index (χ0) is 34.2. The van der Waals surface area contributed by atoms with Crippen molar-refractivity contribution in [1.82, 2.24) is 19.1 Å². The second-order valence-corrected chi connectivity index (χ2v) is 10.5. The molecule has 0 saturated heterocycles. The minimum absolute atomic E-state index is 0.0956. The molecule has 3 rings (SSSR count). The number of aromatic nitrogens is 4. The summed E-state index contributed by atoms with van der Waals surface area (Å²) in [5.74, 6) is -3.06. The van der Waals surface area contributed by atoms with Crippen LogP contribution in [0.4, 0.5) is 0 Å². The van der Waals surface area contributed by atoms with Crippen molar-refractivity contribution in [2.45, 2.75) is 104 Å². The van der Waals surface area contributed by atoms with Gasteiger partial charge in [-0.2, -0.15) is 5.26 Å². The monoisotopic (exact) mass is 639 g/mol. The van der Waals surface area contributed by atoms with E-state index in [2.05, 4.69) is 32.3 Å². The van der Waals surface area contributed by atoms with Gasteiger partial charge < -0.3 is 29.2 Å². The summed E-state index contributed by atoms with van der Waals surface area (Å²) in [6, 6.07) is 5.00. The van der Waals surface area contributed by atoms with E-state index in [0.717, 1.165) is 37.0 Å². The number of ether oxygens (including phenoxy) is 1. The van der Waals surface area contributed by atoms with Crippen molar-refractivity contribution in [2.24, 2.45) is 0 Å². The molecule has 1 aromatic carbocycles. The van der Waals surface area contributed by atoms with Crippen molar-refractivity contribution in [3.63, 3.8) is 0 Å². The van der Waals surface area contributed by atoms with E-state index in [-0.39, 0.29) is 11.7 Å². The average Bonchev–Trinajstić information content (AvgIpc) is 3.71. The Morgan fingerprint density at radius 1 is 0.935 bits per heavy atom. The van der Waals surface area contributed by atoms with Gasteiger partial charge in [-0.15, -0.1) is 0 Å². The second-order valence-electron chi connectivity index (χ2n) is 10.5. The van der Waals surface area contributed by atoms with Gasteiger partial charge in [0, 0.05) is 37.8 Å². The number of hydrogen-bond acceptors (Lipinski definition) is 8. The Labute approximate surface area is 269 Å². The summed E-state index contributed by atoms with van der Waals surface area (Å²) >= 11 is 0. The number of imidazole rings is 2. The number of carbonyl (C=O) groups is 4. The van der Waals surface area contributed by atoms with Crippen molar-refractivity contribution in [2.75, 3.05) is 0 Å². The first-order valence-electron chi connectivity index (χ1n) is 15.4. The van der Waals surface area contributed by atoms with Crippen LogP contribution < -0.4 is 0 Å². The number of carboxylic acids is 3. The summed E-state index contributed by atoms with van der Waals surface area (Å²) in [6.07, 6.45) is 22.8. The van der Waals surface area contributed by atoms with Gasteiger partial charge in [0.15, 0.2) is 0 Å². The number of nitriles is 1. The van der Waals surface area contributed by atoms with E-state index in [1.807, 2.05) is 30.1 Å². The number of aromatic carboxylic acids is 3. The zero-order valence-electron chi connectivity index (χ0n) is 26.6. The van der Waals surface area contributed by atoms with Crippen LogP contribution in [0.1, 0.15) is 115 Å². The summed E-state index contributed by atoms with van der Waals surface area (Å²) in [7, 11) is 0. The molecule has 0 saturated carbocycles. The highest BCUT2D eigenvalue weighted by molar-refractivity contribution is 6.03. The summed E-state index contributed by atoms with van der Waals surface area (Å²) in [6.45, 7) is 5.98. The Hall–Kier alpha value is -4.99. The van der Waals surface area contributed by atoms with Crippen LogP contribution in [0.15, 0.2) is 49.3 Å². The molecule has 0 aliphatic heterocycles. The standard InChI is InChI=1S/C17H29N3.C9H6O6.C7H10N2O2/c1-2-3-4-5-6-7-8-9-10-12-17-19-14-16-20(17)15-11-13-18;10-7(11)4-1-2-5(8(12)13)6(3-4)9(14)15;1-7(11-6-10)4-9-3-2-8-5-9/h14,16H,2-12,15H2,1H3;1-3H,(H,10,11)(H,12,13)(H,14,15);2-3,5-7H,4H2,1H3. The molecule has 0 aliphatic rings. The number of nitrogens with zero attached hydrogens (tertiary/aromatic N) is 5. The smallest absolute Gasteiger partial charge is 0.336 e. The number of hydrogen-bond donors (Lipinski definition) is 3. The van der Waals surface area contributed by atoms with Crippen LogP contribution >= 0.6 is 0 Å². The fourth-order valence-corrected chi connectivity index (χ4v) is 4.41. The molecule has 0 bridgehead atoms. The lowest BCUT2D eigenvalue weighted by molar-refractivity contribution is -0.133. The van der Waals surface area contributed by atoms with Crippen LogP contribution in [0.2, 0.25) is 0 Å². The number of carbonyl (C=O) groups excluding carboxylic acids is 1. The highest BCUT2D eigenvalue weighted by atomic mass is 16.5. The molecule has 0 spiro atoms. The van der Waals surface area contributed by atoms with Gasteiger partial charge >= 0.3 is 17.9 Å². The molecule has 0 amide bonds. The molecule has 0 radical (unpaired) electrons. The van der Waals surface area contributed by atoms with Gasteiger partial charge in [-0.25, -0.2) is 24.4 Å². The van der Waals surface area contributed by atoms with Gasteiger partial charge in [-0.1, -0.05) is 58.3 Å². The van der Waals surface area contributed by atoms with Crippen molar-refractivity contribution in [3.8, 4) is 6.07 Å². The molecule has 0 aliphatic carbocycles. The summed E-state index contributed by atoms with van der Waals surface area (Å²) in [5, 5.41) is 34.5. The molecule has 2 aromatic heterocycles. The van der Waals surface area contributed by atoms with Crippen molar-refractivity contribution in [1.29, 1.82) is 5.26 Å². The molecule has 2 heterocycles. The molecular formula is C33H45N5O8. The number of rotatable bonds is 19. The van der Waals surface area contributed by atoms with E-state index in [9.17, 15) is 19.2 Å². The number of benzene rings is 1. The van der Waals surface area contributed by atoms with E-state index in [4.69, 9.17) is 20.6 Å². The van der Waals surface area contributed by atoms with Gasteiger partial charge in [0.2, 0.25) is 0 Å². The van der Waals surface area contributed by atoms with Crippen molar-refractivity contribution in [3.05, 3.63) is 71.8 Å². The fourth-order valence-electron chi connectivity index (χ4n) is 4.41. The quantitative estimate of drug-likeness (QED) is 0.101. The summed E-state index contributed by atoms with van der Waals surface area (Å²) < 4.78 is 8.66. The lowest BCUT2D eigenvalue weighted by atomic mass is 10.0. The van der Waals surface area contributed by atoms with E-state index in [1.54, 1.807) is 12.5 Å². The first kappa shape index (κ1) is 39.0. The minimum Gasteiger partial charge on any atom is -0.478 e. The van der Waals surface area contributed by atoms with E-state index in [0.29, 0.717) is 19.4 Å². The van der Waals surface area contributed by atoms with Gasteiger partial charge in [0.1, 0.15) is 11.9 Å². The molecule has 46 heavy (non-hydrogen) atoms. The van der Waals surface area contributed by atoms with Crippen LogP contribution in [0.3, 0.4) is 0 Å². The van der Waals surface area contributed by atoms with E-state index >= 15 is 0 Å². The highest BCUT2D eigenvalue weighted by Crippen LogP contribution is 2.13. The van der Waals surface area contributed by atoms with E-state index < -0.39 is 29.0 Å². The first-order valence-corrected chi connectivity index (χ1v) is 15.4. The summed E-state index contributed by atoms with van der Waals surface area (Å²) in [5.41, 5.74) is -1.24. The predicted molar refractivity (Wildman–Crippen MR) is 170 cm³/mol. The lowest BCUT2D eigenvalue weighted by Gasteiger charge is -2.08. The molecule has 250 valence electrons. The molecule has 13 heteroatoms. The highest BCUT2D eigenvalue weighted by Gasteiger charge is 2.18. The van der Waals surface area contributed by atoms with Gasteiger partial charge in [-0.05, 0) is 31.5 Å². The normalized spacial score (nSPS) is 10.7. The Bertz CT molecular complexity index is 1360. The summed E-state index contributed by atoms with van der Waals surface area (Å²) in [4.78, 5) is 49.9. The maximum Gasteiger partial charge on any atom is 0.336 e. The topological polar surface area (TPSA) is 198 Å². The molecule has 1 atom stereocenters. The Balaban J connectivity index is 0.000000360. The predicted octanol–water partition coefficient (Wildman–Crippen LogP) is 6.10. The Morgan fingerprint density at radius 3 is 2.13 bits per heavy atom. The van der Waals surface area contributed by atoms with Crippen LogP contribution in [0, 0.1) is 11.3 Å². The third-order valence-corrected chi connectivity index (χ3v) is 6.81. The van der Waals surface area contributed by atoms with Crippen molar-refractivity contribution < 1.29 is 39.2 Å². The largest absolute Gasteiger partial charge is 0.478 e. The van der Waals surface area contributed by atoms with Gasteiger partial charge in [-0.3, -0.25) is 4.79 Å². The van der Waals surface area contributed by atoms with Crippen LogP contribution in [-0.4, -0.2) is 64.9 Å². The van der Waals surface area contributed by atoms with Gasteiger partial charge in [0.05, 0.1) is 42.1 Å². The van der Waals surface area contributed by atoms with Crippen LogP contribution in [-0.2, 0) is 29.0 Å². The maximum atomic E-state index is 10.6. The molecule has 13 nitrogen and oxygen atoms in total. The van der Waals surface area contributed by atoms with E-state index in [1.165, 1.54) is 57.8 Å².